The van der Waals surface area contributed by atoms with Gasteiger partial charge in [-0.15, -0.1) is 0 Å². The van der Waals surface area contributed by atoms with E-state index in [1.807, 2.05) is 6.07 Å². The molecule has 1 aliphatic rings. The van der Waals surface area contributed by atoms with Gasteiger partial charge >= 0.3 is 6.18 Å². The topological polar surface area (TPSA) is 69.0 Å². The van der Waals surface area contributed by atoms with Crippen molar-refractivity contribution >= 4 is 11.7 Å². The molecule has 26 heavy (non-hydrogen) atoms. The fraction of sp³-hybridized carbons (Fsp3) is 0.278. The molecule has 2 heterocycles. The number of nitrogens with zero attached hydrogens (tertiary/aromatic N) is 3. The number of hydrogen-bond acceptors (Lipinski definition) is 4. The normalized spacial score (nSPS) is 17.2. The van der Waals surface area contributed by atoms with Gasteiger partial charge in [0.2, 0.25) is 5.91 Å². The minimum Gasteiger partial charge on any atom is -0.364 e. The van der Waals surface area contributed by atoms with Crippen LogP contribution in [0.2, 0.25) is 0 Å². The number of nitriles is 1. The van der Waals surface area contributed by atoms with E-state index in [4.69, 9.17) is 5.26 Å². The second-order valence-corrected chi connectivity index (χ2v) is 5.99. The molecule has 1 unspecified atom stereocenters. The Hall–Kier alpha value is -3.08. The van der Waals surface area contributed by atoms with Crippen LogP contribution in [0.1, 0.15) is 23.1 Å². The second-order valence-electron chi connectivity index (χ2n) is 5.99. The highest BCUT2D eigenvalue weighted by molar-refractivity contribution is 5.80. The molecule has 0 aliphatic carbocycles. The zero-order valence-electron chi connectivity index (χ0n) is 13.6. The summed E-state index contributed by atoms with van der Waals surface area (Å²) in [5.41, 5.74) is -0.328. The first-order valence-electron chi connectivity index (χ1n) is 7.93. The fourth-order valence-electron chi connectivity index (χ4n) is 2.97. The molecule has 0 saturated carbocycles. The quantitative estimate of drug-likeness (QED) is 0.909. The van der Waals surface area contributed by atoms with Gasteiger partial charge < -0.3 is 10.2 Å². The first kappa shape index (κ1) is 17.7. The largest absolute Gasteiger partial charge is 0.416 e. The second kappa shape index (κ2) is 7.04. The van der Waals surface area contributed by atoms with Gasteiger partial charge in [0.25, 0.3) is 0 Å². The van der Waals surface area contributed by atoms with Gasteiger partial charge in [0.05, 0.1) is 17.2 Å². The van der Waals surface area contributed by atoms with Crippen LogP contribution in [0.3, 0.4) is 0 Å². The summed E-state index contributed by atoms with van der Waals surface area (Å²) in [4.78, 5) is 17.7. The monoisotopic (exact) mass is 360 g/mol. The number of amides is 1. The number of halogens is 3. The lowest BCUT2D eigenvalue weighted by Gasteiger charge is -2.20. The molecule has 8 heteroatoms. The smallest absolute Gasteiger partial charge is 0.364 e. The zero-order chi connectivity index (χ0) is 18.7. The zero-order valence-corrected chi connectivity index (χ0v) is 13.6. The summed E-state index contributed by atoms with van der Waals surface area (Å²) >= 11 is 0. The van der Waals surface area contributed by atoms with Crippen molar-refractivity contribution in [3.63, 3.8) is 0 Å². The number of carbonyl (C=O) groups is 1. The molecular formula is C18H15F3N4O. The maximum Gasteiger partial charge on any atom is 0.416 e. The molecule has 0 bridgehead atoms. The minimum atomic E-state index is -4.47. The van der Waals surface area contributed by atoms with E-state index < -0.39 is 11.7 Å². The first-order chi connectivity index (χ1) is 12.4. The van der Waals surface area contributed by atoms with Gasteiger partial charge in [0.15, 0.2) is 0 Å². The molecule has 0 radical (unpaired) electrons. The lowest BCUT2D eigenvalue weighted by atomic mass is 10.1. The van der Waals surface area contributed by atoms with Crippen molar-refractivity contribution in [2.75, 3.05) is 11.9 Å². The fourth-order valence-corrected chi connectivity index (χ4v) is 2.97. The van der Waals surface area contributed by atoms with Gasteiger partial charge in [-0.05, 0) is 23.8 Å². The third kappa shape index (κ3) is 3.77. The SMILES string of the molecule is N#Cc1cccnc1NC1CC(=O)N(Cc2ccccc2C(F)(F)F)C1. The van der Waals surface area contributed by atoms with Gasteiger partial charge in [0.1, 0.15) is 11.9 Å². The van der Waals surface area contributed by atoms with E-state index in [0.29, 0.717) is 11.4 Å². The molecule has 1 aromatic heterocycles. The predicted molar refractivity (Wildman–Crippen MR) is 87.8 cm³/mol. The van der Waals surface area contributed by atoms with Gasteiger partial charge in [-0.25, -0.2) is 4.98 Å². The van der Waals surface area contributed by atoms with E-state index in [9.17, 15) is 18.0 Å². The molecule has 1 aromatic carbocycles. The van der Waals surface area contributed by atoms with E-state index in [2.05, 4.69) is 10.3 Å². The number of anilines is 1. The number of rotatable bonds is 4. The van der Waals surface area contributed by atoms with Crippen molar-refractivity contribution in [2.45, 2.75) is 25.2 Å². The number of carbonyl (C=O) groups excluding carboxylic acids is 1. The van der Waals surface area contributed by atoms with E-state index in [-0.39, 0.29) is 37.0 Å². The molecule has 2 aromatic rings. The number of benzene rings is 1. The Morgan fingerprint density at radius 3 is 2.77 bits per heavy atom. The van der Waals surface area contributed by atoms with Crippen molar-refractivity contribution in [1.82, 2.24) is 9.88 Å². The molecule has 5 nitrogen and oxygen atoms in total. The Morgan fingerprint density at radius 1 is 1.27 bits per heavy atom. The van der Waals surface area contributed by atoms with Gasteiger partial charge in [-0.2, -0.15) is 18.4 Å². The predicted octanol–water partition coefficient (Wildman–Crippen LogP) is 3.19. The first-order valence-corrected chi connectivity index (χ1v) is 7.93. The van der Waals surface area contributed by atoms with Crippen LogP contribution in [0.25, 0.3) is 0 Å². The maximum atomic E-state index is 13.1. The lowest BCUT2D eigenvalue weighted by molar-refractivity contribution is -0.139. The van der Waals surface area contributed by atoms with E-state index >= 15 is 0 Å². The Morgan fingerprint density at radius 2 is 2.04 bits per heavy atom. The van der Waals surface area contributed by atoms with Crippen LogP contribution in [0.5, 0.6) is 0 Å². The summed E-state index contributed by atoms with van der Waals surface area (Å²) in [7, 11) is 0. The van der Waals surface area contributed by atoms with E-state index in [1.165, 1.54) is 29.3 Å². The molecule has 0 spiro atoms. The molecule has 1 atom stereocenters. The van der Waals surface area contributed by atoms with Crippen molar-refractivity contribution < 1.29 is 18.0 Å². The molecule has 134 valence electrons. The summed E-state index contributed by atoms with van der Waals surface area (Å²) in [5.74, 6) is 0.124. The number of likely N-dealkylation sites (tertiary alicyclic amines) is 1. The summed E-state index contributed by atoms with van der Waals surface area (Å²) in [5, 5.41) is 12.1. The average Bonchev–Trinajstić information content (AvgIpc) is 2.94. The van der Waals surface area contributed by atoms with Crippen LogP contribution >= 0.6 is 0 Å². The molecule has 1 fully saturated rings. The summed E-state index contributed by atoms with van der Waals surface area (Å²) in [6.45, 7) is 0.131. The van der Waals surface area contributed by atoms with Crippen LogP contribution in [0, 0.1) is 11.3 Å². The van der Waals surface area contributed by atoms with Crippen molar-refractivity contribution in [2.24, 2.45) is 0 Å². The molecule has 1 aliphatic heterocycles. The Balaban J connectivity index is 1.73. The highest BCUT2D eigenvalue weighted by atomic mass is 19.4. The van der Waals surface area contributed by atoms with Crippen LogP contribution in [-0.4, -0.2) is 28.4 Å². The number of aromatic nitrogens is 1. The van der Waals surface area contributed by atoms with E-state index in [1.54, 1.807) is 12.1 Å². The molecule has 1 amide bonds. The Labute approximate surface area is 148 Å². The van der Waals surface area contributed by atoms with Crippen LogP contribution in [0.4, 0.5) is 19.0 Å². The number of alkyl halides is 3. The summed E-state index contributed by atoms with van der Waals surface area (Å²) in [6, 6.07) is 10.2. The lowest BCUT2D eigenvalue weighted by Crippen LogP contribution is -2.29. The number of hydrogen-bond donors (Lipinski definition) is 1. The molecule has 3 rings (SSSR count). The highest BCUT2D eigenvalue weighted by Crippen LogP contribution is 2.33. The highest BCUT2D eigenvalue weighted by Gasteiger charge is 2.35. The van der Waals surface area contributed by atoms with Crippen LogP contribution < -0.4 is 5.32 Å². The molecule has 1 N–H and O–H groups in total. The van der Waals surface area contributed by atoms with Crippen molar-refractivity contribution in [3.8, 4) is 6.07 Å². The average molecular weight is 360 g/mol. The Bertz CT molecular complexity index is 860. The standard InChI is InChI=1S/C18H15F3N4O/c19-18(20,21)15-6-2-1-4-13(15)10-25-11-14(8-16(25)26)24-17-12(9-22)5-3-7-23-17/h1-7,14H,8,10-11H2,(H,23,24). The Kier molecular flexibility index (Phi) is 4.80. The van der Waals surface area contributed by atoms with Crippen molar-refractivity contribution in [3.05, 3.63) is 59.3 Å². The van der Waals surface area contributed by atoms with E-state index in [0.717, 1.165) is 6.07 Å². The third-order valence-electron chi connectivity index (χ3n) is 4.17. The van der Waals surface area contributed by atoms with Gasteiger partial charge in [0, 0.05) is 25.7 Å². The summed E-state index contributed by atoms with van der Waals surface area (Å²) in [6.07, 6.45) is -2.81. The number of pyridine rings is 1. The minimum absolute atomic E-state index is 0.0598. The van der Waals surface area contributed by atoms with Crippen LogP contribution in [-0.2, 0) is 17.5 Å². The molecule has 1 saturated heterocycles. The number of nitrogens with one attached hydrogen (secondary N) is 1. The summed E-state index contributed by atoms with van der Waals surface area (Å²) < 4.78 is 39.3. The van der Waals surface area contributed by atoms with Crippen molar-refractivity contribution in [1.29, 1.82) is 5.26 Å². The van der Waals surface area contributed by atoms with Gasteiger partial charge in [-0.3, -0.25) is 4.79 Å². The molecular weight excluding hydrogens is 345 g/mol. The van der Waals surface area contributed by atoms with Gasteiger partial charge in [-0.1, -0.05) is 18.2 Å². The third-order valence-corrected chi connectivity index (χ3v) is 4.17. The maximum absolute atomic E-state index is 13.1. The van der Waals surface area contributed by atoms with Crippen LogP contribution in [0.15, 0.2) is 42.6 Å².